The van der Waals surface area contributed by atoms with Crippen molar-refractivity contribution < 1.29 is 19.5 Å². The van der Waals surface area contributed by atoms with Gasteiger partial charge in [0.15, 0.2) is 0 Å². The van der Waals surface area contributed by atoms with Gasteiger partial charge in [0.1, 0.15) is 0 Å². The summed E-state index contributed by atoms with van der Waals surface area (Å²) in [6.07, 6.45) is 2.69. The second kappa shape index (κ2) is 5.69. The molecular weight excluding hydrogens is 248 g/mol. The zero-order valence-corrected chi connectivity index (χ0v) is 11.1. The first-order valence-corrected chi connectivity index (χ1v) is 6.85. The summed E-state index contributed by atoms with van der Waals surface area (Å²) < 4.78 is 0. The van der Waals surface area contributed by atoms with Crippen molar-refractivity contribution in [2.75, 3.05) is 13.1 Å². The van der Waals surface area contributed by atoms with Crippen molar-refractivity contribution >= 4 is 17.8 Å². The molecule has 2 amide bonds. The number of likely N-dealkylation sites (N-methyl/N-ethyl adjacent to an activating group) is 1. The van der Waals surface area contributed by atoms with Gasteiger partial charge in [0.2, 0.25) is 11.8 Å². The first-order chi connectivity index (χ1) is 9.04. The molecule has 1 aliphatic heterocycles. The van der Waals surface area contributed by atoms with Crippen LogP contribution in [0.25, 0.3) is 0 Å². The molecule has 3 unspecified atom stereocenters. The van der Waals surface area contributed by atoms with Crippen LogP contribution in [0.4, 0.5) is 0 Å². The average molecular weight is 268 g/mol. The highest BCUT2D eigenvalue weighted by molar-refractivity contribution is 6.05. The molecule has 0 bridgehead atoms. The summed E-state index contributed by atoms with van der Waals surface area (Å²) in [6.45, 7) is 2.67. The molecule has 0 aromatic heterocycles. The number of hydrogen-bond acceptors (Lipinski definition) is 4. The van der Waals surface area contributed by atoms with Crippen LogP contribution < -0.4 is 5.32 Å². The van der Waals surface area contributed by atoms with Gasteiger partial charge in [-0.25, -0.2) is 0 Å². The van der Waals surface area contributed by atoms with Gasteiger partial charge in [-0.1, -0.05) is 6.42 Å². The van der Waals surface area contributed by atoms with E-state index >= 15 is 0 Å². The second-order valence-corrected chi connectivity index (χ2v) is 5.28. The Bertz CT molecular complexity index is 396. The molecule has 6 nitrogen and oxygen atoms in total. The number of amides is 2. The Hall–Kier alpha value is -1.43. The Morgan fingerprint density at radius 3 is 2.74 bits per heavy atom. The number of aliphatic carboxylic acids is 1. The lowest BCUT2D eigenvalue weighted by Crippen LogP contribution is -2.41. The van der Waals surface area contributed by atoms with Crippen LogP contribution in [0.1, 0.15) is 32.6 Å². The number of carboxylic acids is 1. The van der Waals surface area contributed by atoms with Crippen LogP contribution in [-0.2, 0) is 14.4 Å². The van der Waals surface area contributed by atoms with E-state index in [1.807, 2.05) is 0 Å². The summed E-state index contributed by atoms with van der Waals surface area (Å²) in [5.74, 6) is -1.34. The van der Waals surface area contributed by atoms with Crippen LogP contribution in [0, 0.1) is 11.8 Å². The van der Waals surface area contributed by atoms with E-state index in [1.54, 1.807) is 6.92 Å². The van der Waals surface area contributed by atoms with Crippen molar-refractivity contribution in [2.24, 2.45) is 11.8 Å². The summed E-state index contributed by atoms with van der Waals surface area (Å²) in [7, 11) is 0. The molecule has 1 saturated carbocycles. The smallest absolute Gasteiger partial charge is 0.306 e. The largest absolute Gasteiger partial charge is 0.481 e. The minimum atomic E-state index is -0.756. The topological polar surface area (TPSA) is 86.7 Å². The normalized spacial score (nSPS) is 31.2. The summed E-state index contributed by atoms with van der Waals surface area (Å²) >= 11 is 0. The summed E-state index contributed by atoms with van der Waals surface area (Å²) in [5.41, 5.74) is 0. The van der Waals surface area contributed by atoms with Crippen LogP contribution in [-0.4, -0.2) is 46.9 Å². The number of carboxylic acid groups (broad SMARTS) is 1. The second-order valence-electron chi connectivity index (χ2n) is 5.28. The number of nitrogens with zero attached hydrogens (tertiary/aromatic N) is 1. The molecule has 0 radical (unpaired) electrons. The van der Waals surface area contributed by atoms with E-state index < -0.39 is 12.0 Å². The molecule has 106 valence electrons. The number of hydrogen-bond donors (Lipinski definition) is 2. The molecule has 0 aromatic rings. The molecule has 2 aliphatic rings. The minimum Gasteiger partial charge on any atom is -0.481 e. The Morgan fingerprint density at radius 2 is 2.16 bits per heavy atom. The van der Waals surface area contributed by atoms with Crippen molar-refractivity contribution in [2.45, 2.75) is 38.6 Å². The maximum atomic E-state index is 11.9. The Labute approximate surface area is 112 Å². The maximum Gasteiger partial charge on any atom is 0.306 e. The van der Waals surface area contributed by atoms with E-state index in [0.717, 1.165) is 12.8 Å². The first kappa shape index (κ1) is 14.0. The maximum absolute atomic E-state index is 11.9. The number of carbonyl (C=O) groups is 3. The molecule has 0 aromatic carbocycles. The zero-order valence-electron chi connectivity index (χ0n) is 11.1. The molecule has 0 spiro atoms. The molecule has 2 N–H and O–H groups in total. The molecule has 1 heterocycles. The fourth-order valence-electron chi connectivity index (χ4n) is 3.07. The number of nitrogens with one attached hydrogen (secondary N) is 1. The third kappa shape index (κ3) is 2.78. The van der Waals surface area contributed by atoms with E-state index in [0.29, 0.717) is 19.5 Å². The highest BCUT2D eigenvalue weighted by atomic mass is 16.4. The Kier molecular flexibility index (Phi) is 4.19. The molecule has 6 heteroatoms. The third-order valence-electron chi connectivity index (χ3n) is 4.16. The van der Waals surface area contributed by atoms with Crippen LogP contribution >= 0.6 is 0 Å². The van der Waals surface area contributed by atoms with E-state index in [-0.39, 0.29) is 30.1 Å². The van der Waals surface area contributed by atoms with E-state index in [2.05, 4.69) is 5.32 Å². The quantitative estimate of drug-likeness (QED) is 0.697. The highest BCUT2D eigenvalue weighted by Crippen LogP contribution is 2.31. The monoisotopic (exact) mass is 268 g/mol. The Balaban J connectivity index is 1.88. The molecule has 19 heavy (non-hydrogen) atoms. The van der Waals surface area contributed by atoms with Gasteiger partial charge in [-0.2, -0.15) is 0 Å². The van der Waals surface area contributed by atoms with Crippen molar-refractivity contribution in [1.29, 1.82) is 0 Å². The number of imide groups is 1. The fraction of sp³-hybridized carbons (Fsp3) is 0.769. The SMILES string of the molecule is CCN1C(=O)CC(NCC2CCCC2C(=O)O)C1=O. The van der Waals surface area contributed by atoms with Crippen molar-refractivity contribution in [3.63, 3.8) is 0 Å². The van der Waals surface area contributed by atoms with Gasteiger partial charge in [-0.3, -0.25) is 19.3 Å². The van der Waals surface area contributed by atoms with Crippen molar-refractivity contribution in [1.82, 2.24) is 10.2 Å². The summed E-state index contributed by atoms with van der Waals surface area (Å²) in [4.78, 5) is 35.8. The van der Waals surface area contributed by atoms with Crippen molar-refractivity contribution in [3.05, 3.63) is 0 Å². The van der Waals surface area contributed by atoms with Gasteiger partial charge in [-0.15, -0.1) is 0 Å². The lowest BCUT2D eigenvalue weighted by atomic mass is 9.96. The fourth-order valence-corrected chi connectivity index (χ4v) is 3.07. The predicted octanol–water partition coefficient (Wildman–Crippen LogP) is 0.224. The zero-order chi connectivity index (χ0) is 14.0. The van der Waals surface area contributed by atoms with Gasteiger partial charge < -0.3 is 10.4 Å². The lowest BCUT2D eigenvalue weighted by Gasteiger charge is -2.19. The molecular formula is C13H20N2O4. The standard InChI is InChI=1S/C13H20N2O4/c1-2-15-11(16)6-10(12(15)17)14-7-8-4-3-5-9(8)13(18)19/h8-10,14H,2-7H2,1H3,(H,18,19). The van der Waals surface area contributed by atoms with Crippen LogP contribution in [0.2, 0.25) is 0 Å². The molecule has 1 saturated heterocycles. The third-order valence-corrected chi connectivity index (χ3v) is 4.16. The summed E-state index contributed by atoms with van der Waals surface area (Å²) in [5, 5.41) is 12.2. The first-order valence-electron chi connectivity index (χ1n) is 6.85. The Morgan fingerprint density at radius 1 is 1.42 bits per heavy atom. The van der Waals surface area contributed by atoms with Crippen molar-refractivity contribution in [3.8, 4) is 0 Å². The van der Waals surface area contributed by atoms with E-state index in [1.165, 1.54) is 4.90 Å². The van der Waals surface area contributed by atoms with Crippen LogP contribution in [0.15, 0.2) is 0 Å². The number of rotatable bonds is 5. The van der Waals surface area contributed by atoms with Gasteiger partial charge in [0.05, 0.1) is 18.4 Å². The van der Waals surface area contributed by atoms with Gasteiger partial charge in [-0.05, 0) is 32.2 Å². The van der Waals surface area contributed by atoms with Gasteiger partial charge >= 0.3 is 5.97 Å². The van der Waals surface area contributed by atoms with E-state index in [9.17, 15) is 14.4 Å². The van der Waals surface area contributed by atoms with Gasteiger partial charge in [0, 0.05) is 6.54 Å². The summed E-state index contributed by atoms with van der Waals surface area (Å²) in [6, 6.07) is -0.470. The predicted molar refractivity (Wildman–Crippen MR) is 67.3 cm³/mol. The highest BCUT2D eigenvalue weighted by Gasteiger charge is 2.39. The molecule has 2 fully saturated rings. The average Bonchev–Trinajstić information content (AvgIpc) is 2.92. The molecule has 1 aliphatic carbocycles. The minimum absolute atomic E-state index is 0.0658. The lowest BCUT2D eigenvalue weighted by molar-refractivity contribution is -0.143. The van der Waals surface area contributed by atoms with Crippen LogP contribution in [0.5, 0.6) is 0 Å². The van der Waals surface area contributed by atoms with E-state index in [4.69, 9.17) is 5.11 Å². The van der Waals surface area contributed by atoms with Crippen LogP contribution in [0.3, 0.4) is 0 Å². The number of likely N-dealkylation sites (tertiary alicyclic amines) is 1. The number of carbonyl (C=O) groups excluding carboxylic acids is 2. The molecule has 2 rings (SSSR count). The molecule has 3 atom stereocenters. The van der Waals surface area contributed by atoms with Gasteiger partial charge in [0.25, 0.3) is 0 Å².